The molecule has 9 heteroatoms. The summed E-state index contributed by atoms with van der Waals surface area (Å²) in [5.74, 6) is 0.828. The number of allylic oxidation sites excluding steroid dienone is 2. The fourth-order valence-corrected chi connectivity index (χ4v) is 4.43. The Hall–Kier alpha value is -4.24. The molecular formula is C30H26F3NO5. The summed E-state index contributed by atoms with van der Waals surface area (Å²) in [6.07, 6.45) is 2.39. The van der Waals surface area contributed by atoms with E-state index in [-0.39, 0.29) is 24.0 Å². The van der Waals surface area contributed by atoms with E-state index < -0.39 is 23.9 Å². The van der Waals surface area contributed by atoms with Crippen molar-refractivity contribution in [3.63, 3.8) is 0 Å². The Balaban J connectivity index is 1.41. The number of carbonyl (C=O) groups is 1. The van der Waals surface area contributed by atoms with E-state index in [1.807, 2.05) is 38.1 Å². The molecule has 1 N–H and O–H groups in total. The van der Waals surface area contributed by atoms with Gasteiger partial charge in [0.25, 0.3) is 0 Å². The summed E-state index contributed by atoms with van der Waals surface area (Å²) in [6.45, 7) is 3.75. The van der Waals surface area contributed by atoms with Gasteiger partial charge in [0, 0.05) is 18.7 Å². The zero-order valence-corrected chi connectivity index (χ0v) is 21.2. The van der Waals surface area contributed by atoms with Gasteiger partial charge in [-0.05, 0) is 85.5 Å². The van der Waals surface area contributed by atoms with Gasteiger partial charge in [0.2, 0.25) is 0 Å². The quantitative estimate of drug-likeness (QED) is 0.300. The van der Waals surface area contributed by atoms with Crippen LogP contribution in [0.25, 0.3) is 0 Å². The van der Waals surface area contributed by atoms with Crippen molar-refractivity contribution in [2.75, 3.05) is 4.90 Å². The number of alkyl halides is 3. The van der Waals surface area contributed by atoms with Crippen LogP contribution in [-0.2, 0) is 22.1 Å². The van der Waals surface area contributed by atoms with Crippen LogP contribution in [0, 0.1) is 13.8 Å². The summed E-state index contributed by atoms with van der Waals surface area (Å²) in [6, 6.07) is 14.1. The summed E-state index contributed by atoms with van der Waals surface area (Å²) in [5, 5.41) is 8.94. The number of anilines is 1. The van der Waals surface area contributed by atoms with Gasteiger partial charge in [-0.25, -0.2) is 0 Å². The zero-order chi connectivity index (χ0) is 27.7. The predicted octanol–water partition coefficient (Wildman–Crippen LogP) is 7.54. The minimum atomic E-state index is -4.52. The second-order valence-corrected chi connectivity index (χ2v) is 9.47. The monoisotopic (exact) mass is 537 g/mol. The third-order valence-corrected chi connectivity index (χ3v) is 6.41. The fraction of sp³-hybridized carbons (Fsp3) is 0.233. The van der Waals surface area contributed by atoms with Crippen LogP contribution in [0.15, 0.2) is 79.0 Å². The molecule has 0 aliphatic carbocycles. The number of hydrogen-bond acceptors (Lipinski definition) is 5. The standard InChI is InChI=1S/C30H26F3NO5/c1-18-13-23(37-22-9-6-20(19(2)15-22)7-11-28(35)36)17-24(14-18)38-26-10-8-21(30(31,32)33)16-25(26)34-12-4-3-5-27-29(34)39-27/h3-6,8-10,12-17,27,29H,7,11H2,1-2H3,(H,35,36). The lowest BCUT2D eigenvalue weighted by Gasteiger charge is -2.23. The Morgan fingerprint density at radius 2 is 1.74 bits per heavy atom. The number of epoxide rings is 1. The molecule has 3 aromatic rings. The number of aliphatic carboxylic acids is 1. The molecule has 2 unspecified atom stereocenters. The number of carboxylic acids is 1. The van der Waals surface area contributed by atoms with E-state index in [0.717, 1.165) is 28.8 Å². The number of fused-ring (bicyclic) bond motifs is 1. The number of halogens is 3. The molecule has 1 fully saturated rings. The van der Waals surface area contributed by atoms with Crippen molar-refractivity contribution in [1.29, 1.82) is 0 Å². The van der Waals surface area contributed by atoms with Gasteiger partial charge in [-0.1, -0.05) is 18.2 Å². The number of rotatable bonds is 8. The fourth-order valence-electron chi connectivity index (χ4n) is 4.43. The van der Waals surface area contributed by atoms with Crippen LogP contribution in [0.3, 0.4) is 0 Å². The van der Waals surface area contributed by atoms with Crippen LogP contribution < -0.4 is 14.4 Å². The lowest BCUT2D eigenvalue weighted by atomic mass is 10.0. The molecule has 2 heterocycles. The van der Waals surface area contributed by atoms with Crippen LogP contribution in [-0.4, -0.2) is 23.4 Å². The first kappa shape index (κ1) is 26.4. The predicted molar refractivity (Wildman–Crippen MR) is 139 cm³/mol. The topological polar surface area (TPSA) is 71.5 Å². The van der Waals surface area contributed by atoms with Crippen molar-refractivity contribution in [1.82, 2.24) is 0 Å². The summed E-state index contributed by atoms with van der Waals surface area (Å²) in [5.41, 5.74) is 2.10. The first-order valence-corrected chi connectivity index (χ1v) is 12.4. The average Bonchev–Trinajstić information content (AvgIpc) is 3.63. The van der Waals surface area contributed by atoms with Gasteiger partial charge < -0.3 is 24.2 Å². The Labute approximate surface area is 223 Å². The molecule has 3 aromatic carbocycles. The molecule has 6 nitrogen and oxygen atoms in total. The Kier molecular flexibility index (Phi) is 7.10. The van der Waals surface area contributed by atoms with Gasteiger partial charge in [-0.3, -0.25) is 4.79 Å². The van der Waals surface area contributed by atoms with Crippen LogP contribution in [0.2, 0.25) is 0 Å². The van der Waals surface area contributed by atoms with Gasteiger partial charge in [0.15, 0.2) is 12.0 Å². The highest BCUT2D eigenvalue weighted by Crippen LogP contribution is 2.43. The van der Waals surface area contributed by atoms with E-state index in [1.54, 1.807) is 41.5 Å². The third-order valence-electron chi connectivity index (χ3n) is 6.41. The zero-order valence-electron chi connectivity index (χ0n) is 21.2. The summed E-state index contributed by atoms with van der Waals surface area (Å²) in [4.78, 5) is 12.5. The lowest BCUT2D eigenvalue weighted by Crippen LogP contribution is -2.22. The van der Waals surface area contributed by atoms with Crippen molar-refractivity contribution in [3.05, 3.63) is 101 Å². The first-order valence-electron chi connectivity index (χ1n) is 12.4. The number of benzene rings is 3. The Morgan fingerprint density at radius 1 is 0.974 bits per heavy atom. The number of carboxylic acid groups (broad SMARTS) is 1. The van der Waals surface area contributed by atoms with Crippen molar-refractivity contribution in [2.24, 2.45) is 0 Å². The molecule has 202 valence electrons. The van der Waals surface area contributed by atoms with Gasteiger partial charge in [0.1, 0.15) is 23.4 Å². The maximum absolute atomic E-state index is 13.6. The van der Waals surface area contributed by atoms with Crippen LogP contribution >= 0.6 is 0 Å². The second kappa shape index (κ2) is 10.5. The minimum Gasteiger partial charge on any atom is -0.481 e. The SMILES string of the molecule is Cc1cc(Oc2ccc(CCC(=O)O)c(C)c2)cc(Oc2ccc(C(F)(F)F)cc2N2C=CC=CC3OC32)c1. The number of nitrogens with zero attached hydrogens (tertiary/aromatic N) is 1. The van der Waals surface area contributed by atoms with E-state index >= 15 is 0 Å². The highest BCUT2D eigenvalue weighted by atomic mass is 19.4. The lowest BCUT2D eigenvalue weighted by molar-refractivity contribution is -0.138. The van der Waals surface area contributed by atoms with Crippen LogP contribution in [0.1, 0.15) is 28.7 Å². The molecule has 2 aliphatic heterocycles. The van der Waals surface area contributed by atoms with E-state index in [4.69, 9.17) is 19.3 Å². The van der Waals surface area contributed by atoms with Crippen molar-refractivity contribution in [2.45, 2.75) is 45.2 Å². The first-order chi connectivity index (χ1) is 18.6. The highest BCUT2D eigenvalue weighted by molar-refractivity contribution is 5.67. The largest absolute Gasteiger partial charge is 0.481 e. The molecule has 0 saturated carbocycles. The number of aryl methyl sites for hydroxylation is 3. The average molecular weight is 538 g/mol. The Bertz CT molecular complexity index is 1460. The second-order valence-electron chi connectivity index (χ2n) is 9.47. The molecule has 39 heavy (non-hydrogen) atoms. The number of ether oxygens (including phenoxy) is 3. The maximum atomic E-state index is 13.6. The van der Waals surface area contributed by atoms with E-state index in [9.17, 15) is 18.0 Å². The van der Waals surface area contributed by atoms with Crippen molar-refractivity contribution >= 4 is 11.7 Å². The van der Waals surface area contributed by atoms with Crippen molar-refractivity contribution < 1.29 is 37.3 Å². The Morgan fingerprint density at radius 3 is 2.46 bits per heavy atom. The molecule has 0 radical (unpaired) electrons. The maximum Gasteiger partial charge on any atom is 0.416 e. The smallest absolute Gasteiger partial charge is 0.416 e. The molecule has 0 aromatic heterocycles. The molecule has 2 aliphatic rings. The third kappa shape index (κ3) is 6.26. The molecule has 1 saturated heterocycles. The molecular weight excluding hydrogens is 511 g/mol. The minimum absolute atomic E-state index is 0.0445. The number of hydrogen-bond donors (Lipinski definition) is 1. The summed E-state index contributed by atoms with van der Waals surface area (Å²) in [7, 11) is 0. The highest BCUT2D eigenvalue weighted by Gasteiger charge is 2.43. The molecule has 0 bridgehead atoms. The molecule has 2 atom stereocenters. The van der Waals surface area contributed by atoms with Gasteiger partial charge in [-0.2, -0.15) is 13.2 Å². The van der Waals surface area contributed by atoms with E-state index in [2.05, 4.69) is 0 Å². The molecule has 0 spiro atoms. The normalized spacial score (nSPS) is 17.9. The van der Waals surface area contributed by atoms with Gasteiger partial charge >= 0.3 is 12.1 Å². The summed E-state index contributed by atoms with van der Waals surface area (Å²) >= 11 is 0. The summed E-state index contributed by atoms with van der Waals surface area (Å²) < 4.78 is 58.5. The molecule has 0 amide bonds. The van der Waals surface area contributed by atoms with E-state index in [0.29, 0.717) is 23.7 Å². The van der Waals surface area contributed by atoms with Crippen LogP contribution in [0.4, 0.5) is 18.9 Å². The van der Waals surface area contributed by atoms with Gasteiger partial charge in [-0.15, -0.1) is 0 Å². The van der Waals surface area contributed by atoms with Crippen molar-refractivity contribution in [3.8, 4) is 23.0 Å². The van der Waals surface area contributed by atoms with Gasteiger partial charge in [0.05, 0.1) is 11.3 Å². The van der Waals surface area contributed by atoms with Crippen LogP contribution in [0.5, 0.6) is 23.0 Å². The molecule has 5 rings (SSSR count). The van der Waals surface area contributed by atoms with E-state index in [1.165, 1.54) is 6.07 Å².